The molecule has 0 saturated carbocycles. The molecule has 2 amide bonds. The van der Waals surface area contributed by atoms with Crippen LogP contribution in [0, 0.1) is 0 Å². The van der Waals surface area contributed by atoms with Crippen molar-refractivity contribution in [1.82, 2.24) is 14.1 Å². The maximum atomic E-state index is 12.9. The number of carbonyl (C=O) groups is 2. The fourth-order valence-corrected chi connectivity index (χ4v) is 3.97. The van der Waals surface area contributed by atoms with Gasteiger partial charge in [-0.15, -0.1) is 0 Å². The molecule has 1 saturated heterocycles. The monoisotopic (exact) mass is 385 g/mol. The van der Waals surface area contributed by atoms with Gasteiger partial charge in [-0.1, -0.05) is 6.07 Å². The first-order valence-electron chi connectivity index (χ1n) is 9.21. The Balaban J connectivity index is 1.54. The number of hydrogen-bond acceptors (Lipinski definition) is 5. The Labute approximate surface area is 164 Å². The van der Waals surface area contributed by atoms with Crippen LogP contribution in [0.4, 0.5) is 11.4 Å². The number of fused-ring (bicyclic) bond motifs is 1. The van der Waals surface area contributed by atoms with Crippen LogP contribution in [0.2, 0.25) is 0 Å². The second-order valence-corrected chi connectivity index (χ2v) is 7.44. The number of benzene rings is 1. The summed E-state index contributed by atoms with van der Waals surface area (Å²) in [5.74, 6) is -0.0643. The van der Waals surface area contributed by atoms with E-state index in [-0.39, 0.29) is 11.8 Å². The Morgan fingerprint density at radius 3 is 2.67 bits per heavy atom. The average Bonchev–Trinajstić information content (AvgIpc) is 3.40. The topological polar surface area (TPSA) is 61.7 Å². The van der Waals surface area contributed by atoms with Gasteiger partial charge in [0.15, 0.2) is 0 Å². The number of carbonyl (C=O) groups excluding carboxylic acids is 2. The summed E-state index contributed by atoms with van der Waals surface area (Å²) in [5.41, 5.74) is 3.19. The first-order valence-corrected chi connectivity index (χ1v) is 9.61. The van der Waals surface area contributed by atoms with E-state index >= 15 is 0 Å². The zero-order valence-corrected chi connectivity index (χ0v) is 16.2. The Hall–Kier alpha value is -2.32. The Bertz CT molecular complexity index is 875. The molecule has 0 bridgehead atoms. The van der Waals surface area contributed by atoms with E-state index in [1.807, 2.05) is 18.2 Å². The number of rotatable bonds is 4. The minimum Gasteiger partial charge on any atom is -0.314 e. The molecule has 2 aliphatic rings. The highest BCUT2D eigenvalue weighted by Gasteiger charge is 2.28. The third kappa shape index (κ3) is 3.46. The van der Waals surface area contributed by atoms with Crippen molar-refractivity contribution in [1.29, 1.82) is 0 Å². The first-order chi connectivity index (χ1) is 13.0. The van der Waals surface area contributed by atoms with Gasteiger partial charge in [-0.3, -0.25) is 14.5 Å². The van der Waals surface area contributed by atoms with Crippen molar-refractivity contribution >= 4 is 36.0 Å². The predicted molar refractivity (Wildman–Crippen MR) is 108 cm³/mol. The van der Waals surface area contributed by atoms with Crippen LogP contribution in [0.5, 0.6) is 0 Å². The molecule has 8 heteroatoms. The van der Waals surface area contributed by atoms with Crippen LogP contribution in [-0.2, 0) is 11.2 Å². The van der Waals surface area contributed by atoms with Crippen molar-refractivity contribution in [2.45, 2.75) is 19.3 Å². The molecule has 0 spiro atoms. The standard InChI is InChI=1S/C19H23N5O2S/c1-21(18(25)13-22-9-2-3-10-22)15-5-4-14-7-11-23(17(14)12-15)19(26)16-6-8-20-24(16)27/h4-6,8,12,27H,2-3,7,9-11,13H2,1H3. The zero-order valence-electron chi connectivity index (χ0n) is 15.3. The molecule has 1 aromatic heterocycles. The Morgan fingerprint density at radius 1 is 1.19 bits per heavy atom. The molecule has 1 fully saturated rings. The van der Waals surface area contributed by atoms with E-state index in [1.54, 1.807) is 29.1 Å². The fraction of sp³-hybridized carbons (Fsp3) is 0.421. The summed E-state index contributed by atoms with van der Waals surface area (Å²) in [6, 6.07) is 7.55. The third-order valence-corrected chi connectivity index (χ3v) is 5.69. The van der Waals surface area contributed by atoms with Crippen molar-refractivity contribution in [3.05, 3.63) is 41.7 Å². The lowest BCUT2D eigenvalue weighted by Gasteiger charge is -2.23. The minimum atomic E-state index is -0.135. The number of amides is 2. The van der Waals surface area contributed by atoms with Crippen LogP contribution < -0.4 is 9.80 Å². The summed E-state index contributed by atoms with van der Waals surface area (Å²) in [7, 11) is 1.80. The molecular weight excluding hydrogens is 362 g/mol. The number of hydrogen-bond donors (Lipinski definition) is 1. The molecule has 2 aromatic rings. The second kappa shape index (κ2) is 7.36. The number of anilines is 2. The van der Waals surface area contributed by atoms with Crippen molar-refractivity contribution < 1.29 is 9.59 Å². The van der Waals surface area contributed by atoms with Gasteiger partial charge in [-0.2, -0.15) is 5.10 Å². The van der Waals surface area contributed by atoms with Crippen molar-refractivity contribution in [3.8, 4) is 0 Å². The Kier molecular flexibility index (Phi) is 4.92. The third-order valence-electron chi connectivity index (χ3n) is 5.37. The van der Waals surface area contributed by atoms with Crippen LogP contribution in [0.25, 0.3) is 0 Å². The van der Waals surface area contributed by atoms with Gasteiger partial charge in [-0.05, 0) is 68.9 Å². The van der Waals surface area contributed by atoms with E-state index in [0.717, 1.165) is 49.3 Å². The number of nitrogens with zero attached hydrogens (tertiary/aromatic N) is 5. The summed E-state index contributed by atoms with van der Waals surface area (Å²) in [5, 5.41) is 3.96. The van der Waals surface area contributed by atoms with Gasteiger partial charge in [0.1, 0.15) is 5.69 Å². The number of aromatic nitrogens is 2. The van der Waals surface area contributed by atoms with Crippen molar-refractivity contribution in [3.63, 3.8) is 0 Å². The molecule has 142 valence electrons. The molecule has 4 rings (SSSR count). The van der Waals surface area contributed by atoms with E-state index in [2.05, 4.69) is 22.8 Å². The highest BCUT2D eigenvalue weighted by molar-refractivity contribution is 7.78. The number of likely N-dealkylation sites (tertiary alicyclic amines) is 1. The van der Waals surface area contributed by atoms with Gasteiger partial charge in [0.05, 0.1) is 12.7 Å². The van der Waals surface area contributed by atoms with Crippen molar-refractivity contribution in [2.24, 2.45) is 0 Å². The minimum absolute atomic E-state index is 0.0705. The maximum Gasteiger partial charge on any atom is 0.277 e. The van der Waals surface area contributed by atoms with E-state index in [9.17, 15) is 9.59 Å². The molecule has 0 unspecified atom stereocenters. The molecular formula is C19H23N5O2S. The number of likely N-dealkylation sites (N-methyl/N-ethyl adjacent to an activating group) is 1. The van der Waals surface area contributed by atoms with E-state index in [1.165, 1.54) is 4.09 Å². The first kappa shape index (κ1) is 18.1. The van der Waals surface area contributed by atoms with E-state index < -0.39 is 0 Å². The smallest absolute Gasteiger partial charge is 0.277 e. The lowest BCUT2D eigenvalue weighted by atomic mass is 10.1. The molecule has 0 N–H and O–H groups in total. The van der Waals surface area contributed by atoms with Gasteiger partial charge >= 0.3 is 0 Å². The SMILES string of the molecule is CN(C(=O)CN1CCCC1)c1ccc2c(c1)N(C(=O)c1ccnn1S)CC2. The summed E-state index contributed by atoms with van der Waals surface area (Å²) in [6.45, 7) is 3.03. The average molecular weight is 385 g/mol. The lowest BCUT2D eigenvalue weighted by molar-refractivity contribution is -0.119. The molecule has 3 heterocycles. The normalized spacial score (nSPS) is 16.6. The fourth-order valence-electron chi connectivity index (χ4n) is 3.76. The molecule has 1 aromatic carbocycles. The molecule has 0 aliphatic carbocycles. The molecule has 0 atom stereocenters. The van der Waals surface area contributed by atoms with Crippen LogP contribution in [0.15, 0.2) is 30.5 Å². The van der Waals surface area contributed by atoms with Gasteiger partial charge in [0.25, 0.3) is 5.91 Å². The number of thiol groups is 1. The molecule has 27 heavy (non-hydrogen) atoms. The van der Waals surface area contributed by atoms with Crippen LogP contribution in [0.3, 0.4) is 0 Å². The van der Waals surface area contributed by atoms with Gasteiger partial charge in [0.2, 0.25) is 5.91 Å². The highest BCUT2D eigenvalue weighted by atomic mass is 32.1. The van der Waals surface area contributed by atoms with Crippen LogP contribution >= 0.6 is 12.8 Å². The van der Waals surface area contributed by atoms with Crippen LogP contribution in [-0.4, -0.2) is 59.1 Å². The largest absolute Gasteiger partial charge is 0.314 e. The quantitative estimate of drug-likeness (QED) is 0.816. The Morgan fingerprint density at radius 2 is 1.96 bits per heavy atom. The zero-order chi connectivity index (χ0) is 19.0. The van der Waals surface area contributed by atoms with Gasteiger partial charge < -0.3 is 9.80 Å². The molecule has 2 aliphatic heterocycles. The summed E-state index contributed by atoms with van der Waals surface area (Å²) < 4.78 is 1.29. The molecule has 0 radical (unpaired) electrons. The summed E-state index contributed by atoms with van der Waals surface area (Å²) in [6.07, 6.45) is 4.68. The van der Waals surface area contributed by atoms with Crippen molar-refractivity contribution in [2.75, 3.05) is 43.0 Å². The summed E-state index contributed by atoms with van der Waals surface area (Å²) >= 11 is 4.19. The van der Waals surface area contributed by atoms with Gasteiger partial charge in [0, 0.05) is 25.0 Å². The van der Waals surface area contributed by atoms with E-state index in [4.69, 9.17) is 0 Å². The maximum absolute atomic E-state index is 12.9. The molecule has 7 nitrogen and oxygen atoms in total. The predicted octanol–water partition coefficient (Wildman–Crippen LogP) is 1.84. The summed E-state index contributed by atoms with van der Waals surface area (Å²) in [4.78, 5) is 31.1. The van der Waals surface area contributed by atoms with Gasteiger partial charge in [-0.25, -0.2) is 4.09 Å². The highest BCUT2D eigenvalue weighted by Crippen LogP contribution is 2.33. The van der Waals surface area contributed by atoms with E-state index in [0.29, 0.717) is 18.8 Å². The second-order valence-electron chi connectivity index (χ2n) is 7.06. The van der Waals surface area contributed by atoms with Crippen LogP contribution in [0.1, 0.15) is 28.9 Å². The lowest BCUT2D eigenvalue weighted by Crippen LogP contribution is -2.37.